The molecule has 0 saturated heterocycles. The van der Waals surface area contributed by atoms with Crippen molar-refractivity contribution in [2.24, 2.45) is 0 Å². The van der Waals surface area contributed by atoms with E-state index in [9.17, 15) is 9.59 Å². The predicted octanol–water partition coefficient (Wildman–Crippen LogP) is 4.55. The Balaban J connectivity index is 1.87. The van der Waals surface area contributed by atoms with Crippen molar-refractivity contribution in [3.05, 3.63) is 63.3 Å². The minimum Gasteiger partial charge on any atom is -0.479 e. The number of benzene rings is 2. The van der Waals surface area contributed by atoms with Crippen LogP contribution >= 0.6 is 23.2 Å². The van der Waals surface area contributed by atoms with E-state index in [0.717, 1.165) is 0 Å². The fourth-order valence-corrected chi connectivity index (χ4v) is 2.94. The molecule has 2 aromatic carbocycles. The van der Waals surface area contributed by atoms with E-state index >= 15 is 0 Å². The number of ether oxygens (including phenoxy) is 3. The number of methoxy groups -OCH3 is 1. The van der Waals surface area contributed by atoms with Gasteiger partial charge in [0, 0.05) is 21.7 Å². The van der Waals surface area contributed by atoms with Crippen molar-refractivity contribution >= 4 is 41.0 Å². The highest BCUT2D eigenvalue weighted by atomic mass is 35.5. The largest absolute Gasteiger partial charge is 0.479 e. The molecule has 5 nitrogen and oxygen atoms in total. The molecule has 0 fully saturated rings. The van der Waals surface area contributed by atoms with Crippen molar-refractivity contribution in [1.82, 2.24) is 0 Å². The Morgan fingerprint density at radius 2 is 1.88 bits per heavy atom. The smallest absolute Gasteiger partial charge is 0.346 e. The first kappa shape index (κ1) is 18.3. The Morgan fingerprint density at radius 3 is 2.54 bits per heavy atom. The summed E-state index contributed by atoms with van der Waals surface area (Å²) in [6, 6.07) is 9.77. The molecule has 0 radical (unpaired) electrons. The van der Waals surface area contributed by atoms with Crippen molar-refractivity contribution in [2.75, 3.05) is 7.11 Å². The lowest BCUT2D eigenvalue weighted by Gasteiger charge is -2.12. The number of rotatable bonds is 4. The van der Waals surface area contributed by atoms with Crippen LogP contribution in [0.25, 0.3) is 6.08 Å². The highest BCUT2D eigenvalue weighted by Gasteiger charge is 2.28. The molecule has 2 aromatic rings. The number of ketones is 1. The highest BCUT2D eigenvalue weighted by molar-refractivity contribution is 6.37. The summed E-state index contributed by atoms with van der Waals surface area (Å²) in [4.78, 5) is 24.0. The molecule has 0 aliphatic carbocycles. The molecule has 0 N–H and O–H groups in total. The molecule has 26 heavy (non-hydrogen) atoms. The molecule has 3 rings (SSSR count). The lowest BCUT2D eigenvalue weighted by Crippen LogP contribution is -2.24. The minimum absolute atomic E-state index is 0.105. The van der Waals surface area contributed by atoms with Gasteiger partial charge in [-0.1, -0.05) is 29.3 Å². The van der Waals surface area contributed by atoms with Crippen LogP contribution in [-0.2, 0) is 9.53 Å². The van der Waals surface area contributed by atoms with E-state index < -0.39 is 12.1 Å². The second-order valence-corrected chi connectivity index (χ2v) is 6.33. The van der Waals surface area contributed by atoms with Crippen molar-refractivity contribution in [3.63, 3.8) is 0 Å². The summed E-state index contributed by atoms with van der Waals surface area (Å²) in [7, 11) is 1.28. The second kappa shape index (κ2) is 7.40. The molecule has 1 atom stereocenters. The third-order valence-electron chi connectivity index (χ3n) is 3.76. The van der Waals surface area contributed by atoms with Crippen LogP contribution in [0.4, 0.5) is 0 Å². The Labute approximate surface area is 160 Å². The topological polar surface area (TPSA) is 61.8 Å². The molecule has 1 aliphatic heterocycles. The van der Waals surface area contributed by atoms with Gasteiger partial charge in [0.15, 0.2) is 11.9 Å². The van der Waals surface area contributed by atoms with Gasteiger partial charge >= 0.3 is 5.97 Å². The van der Waals surface area contributed by atoms with Gasteiger partial charge in [0.25, 0.3) is 0 Å². The summed E-state index contributed by atoms with van der Waals surface area (Å²) in [6.45, 7) is 1.57. The summed E-state index contributed by atoms with van der Waals surface area (Å²) in [5, 5.41) is 0.821. The molecule has 0 bridgehead atoms. The molecule has 0 saturated carbocycles. The summed E-state index contributed by atoms with van der Waals surface area (Å²) in [5.41, 5.74) is 0.889. The number of carbonyl (C=O) groups excluding carboxylic acids is 2. The molecular formula is C19H14Cl2O5. The van der Waals surface area contributed by atoms with E-state index in [2.05, 4.69) is 4.74 Å². The van der Waals surface area contributed by atoms with Gasteiger partial charge in [-0.2, -0.15) is 0 Å². The zero-order chi connectivity index (χ0) is 18.8. The summed E-state index contributed by atoms with van der Waals surface area (Å²) >= 11 is 12.3. The first-order valence-corrected chi connectivity index (χ1v) is 8.43. The number of carbonyl (C=O) groups is 2. The number of esters is 1. The van der Waals surface area contributed by atoms with Gasteiger partial charge in [0.2, 0.25) is 5.78 Å². The molecule has 1 heterocycles. The van der Waals surface area contributed by atoms with E-state index in [1.165, 1.54) is 13.2 Å². The van der Waals surface area contributed by atoms with Crippen LogP contribution in [0.2, 0.25) is 10.0 Å². The van der Waals surface area contributed by atoms with E-state index in [0.29, 0.717) is 32.7 Å². The molecule has 134 valence electrons. The van der Waals surface area contributed by atoms with Crippen molar-refractivity contribution in [3.8, 4) is 11.5 Å². The van der Waals surface area contributed by atoms with Crippen molar-refractivity contribution in [1.29, 1.82) is 0 Å². The van der Waals surface area contributed by atoms with Gasteiger partial charge < -0.3 is 14.2 Å². The lowest BCUT2D eigenvalue weighted by atomic mass is 10.1. The van der Waals surface area contributed by atoms with Crippen molar-refractivity contribution in [2.45, 2.75) is 13.0 Å². The van der Waals surface area contributed by atoms with Crippen LogP contribution in [0, 0.1) is 0 Å². The minimum atomic E-state index is -0.785. The van der Waals surface area contributed by atoms with Gasteiger partial charge in [-0.15, -0.1) is 0 Å². The molecule has 1 unspecified atom stereocenters. The Hall–Kier alpha value is -2.50. The van der Waals surface area contributed by atoms with Crippen LogP contribution in [0.3, 0.4) is 0 Å². The molecule has 0 aromatic heterocycles. The van der Waals surface area contributed by atoms with Gasteiger partial charge in [-0.05, 0) is 37.3 Å². The maximum Gasteiger partial charge on any atom is 0.346 e. The second-order valence-electron chi connectivity index (χ2n) is 5.52. The number of halogens is 2. The summed E-state index contributed by atoms with van der Waals surface area (Å²) < 4.78 is 15.7. The molecular weight excluding hydrogens is 379 g/mol. The normalized spacial score (nSPS) is 15.4. The van der Waals surface area contributed by atoms with Crippen molar-refractivity contribution < 1.29 is 23.8 Å². The first-order chi connectivity index (χ1) is 12.4. The SMILES string of the molecule is COC(=O)C(C)Oc1ccc2c(c1)O/C(=C\c1c(Cl)cccc1Cl)C2=O. The number of hydrogen-bond donors (Lipinski definition) is 0. The van der Waals surface area contributed by atoms with Crippen LogP contribution < -0.4 is 9.47 Å². The van der Waals surface area contributed by atoms with E-state index in [4.69, 9.17) is 32.7 Å². The van der Waals surface area contributed by atoms with E-state index in [-0.39, 0.29) is 11.5 Å². The van der Waals surface area contributed by atoms with Gasteiger partial charge in [0.05, 0.1) is 12.7 Å². The Bertz CT molecular complexity index is 900. The first-order valence-electron chi connectivity index (χ1n) is 7.67. The predicted molar refractivity (Wildman–Crippen MR) is 97.9 cm³/mol. The van der Waals surface area contributed by atoms with E-state index in [1.54, 1.807) is 43.3 Å². The van der Waals surface area contributed by atoms with Crippen LogP contribution in [0.1, 0.15) is 22.8 Å². The summed E-state index contributed by atoms with van der Waals surface area (Å²) in [6.07, 6.45) is 0.719. The molecule has 7 heteroatoms. The molecule has 0 amide bonds. The number of hydrogen-bond acceptors (Lipinski definition) is 5. The third-order valence-corrected chi connectivity index (χ3v) is 4.42. The number of allylic oxidation sites excluding steroid dienone is 1. The van der Waals surface area contributed by atoms with Gasteiger partial charge in [-0.25, -0.2) is 4.79 Å². The van der Waals surface area contributed by atoms with Crippen LogP contribution in [0.5, 0.6) is 11.5 Å². The average Bonchev–Trinajstić information content (AvgIpc) is 2.92. The van der Waals surface area contributed by atoms with Crippen LogP contribution in [-0.4, -0.2) is 25.0 Å². The average molecular weight is 393 g/mol. The summed E-state index contributed by atoms with van der Waals surface area (Å²) in [5.74, 6) is 0.0265. The number of Topliss-reactive ketones (excluding diaryl/α,β-unsaturated/α-hetero) is 1. The standard InChI is InChI=1S/C19H14Cl2O5/c1-10(19(23)24-2)25-11-6-7-12-16(8-11)26-17(18(12)22)9-13-14(20)4-3-5-15(13)21/h3-10H,1-2H3/b17-9-. The highest BCUT2D eigenvalue weighted by Crippen LogP contribution is 2.36. The van der Waals surface area contributed by atoms with Gasteiger partial charge in [0.1, 0.15) is 11.5 Å². The fourth-order valence-electron chi connectivity index (χ4n) is 2.44. The Morgan fingerprint density at radius 1 is 1.19 bits per heavy atom. The zero-order valence-electron chi connectivity index (χ0n) is 13.9. The zero-order valence-corrected chi connectivity index (χ0v) is 15.4. The quantitative estimate of drug-likeness (QED) is 0.564. The monoisotopic (exact) mass is 392 g/mol. The Kier molecular flexibility index (Phi) is 5.20. The maximum absolute atomic E-state index is 12.5. The number of fused-ring (bicyclic) bond motifs is 1. The third kappa shape index (κ3) is 3.54. The lowest BCUT2D eigenvalue weighted by molar-refractivity contribution is -0.147. The fraction of sp³-hybridized carbons (Fsp3) is 0.158. The maximum atomic E-state index is 12.5. The molecule has 1 aliphatic rings. The van der Waals surface area contributed by atoms with Crippen LogP contribution in [0.15, 0.2) is 42.2 Å². The van der Waals surface area contributed by atoms with E-state index in [1.807, 2.05) is 0 Å². The molecule has 0 spiro atoms. The van der Waals surface area contributed by atoms with Gasteiger partial charge in [-0.3, -0.25) is 4.79 Å².